The van der Waals surface area contributed by atoms with Crippen molar-refractivity contribution in [3.63, 3.8) is 0 Å². The van der Waals surface area contributed by atoms with Gasteiger partial charge in [-0.15, -0.1) is 0 Å². The molecular weight excluding hydrogens is 302 g/mol. The predicted octanol–water partition coefficient (Wildman–Crippen LogP) is 3.25. The van der Waals surface area contributed by atoms with E-state index >= 15 is 0 Å². The van der Waals surface area contributed by atoms with Gasteiger partial charge in [0.15, 0.2) is 0 Å². The minimum Gasteiger partial charge on any atom is -0.497 e. The molecule has 1 aromatic heterocycles. The lowest BCUT2D eigenvalue weighted by atomic mass is 10.1. The second-order valence-electron chi connectivity index (χ2n) is 5.91. The number of nitrogens with zero attached hydrogens (tertiary/aromatic N) is 2. The van der Waals surface area contributed by atoms with Gasteiger partial charge in [0.05, 0.1) is 19.3 Å². The van der Waals surface area contributed by atoms with Gasteiger partial charge in [-0.3, -0.25) is 4.98 Å². The number of ether oxygens (including phenoxy) is 1. The zero-order valence-electron chi connectivity index (χ0n) is 14.5. The fraction of sp³-hybridized carbons (Fsp3) is 0.368. The number of hydrogen-bond donors (Lipinski definition) is 1. The summed E-state index contributed by atoms with van der Waals surface area (Å²) >= 11 is 0. The molecule has 5 nitrogen and oxygen atoms in total. The van der Waals surface area contributed by atoms with Gasteiger partial charge >= 0.3 is 6.03 Å². The molecule has 0 saturated carbocycles. The van der Waals surface area contributed by atoms with Gasteiger partial charge in [0.2, 0.25) is 0 Å². The minimum atomic E-state index is -0.0807. The van der Waals surface area contributed by atoms with Crippen molar-refractivity contribution in [1.29, 1.82) is 0 Å². The van der Waals surface area contributed by atoms with E-state index in [2.05, 4.69) is 22.4 Å². The summed E-state index contributed by atoms with van der Waals surface area (Å²) in [5, 5.41) is 3.03. The standard InChI is InChI=1S/C19H25N3O2/c1-15(7-8-16-9-11-18(24-3)12-10-16)21-19(23)22(2)14-17-6-4-5-13-20-17/h4-6,9-13,15H,7-8,14H2,1-3H3,(H,21,23). The van der Waals surface area contributed by atoms with Gasteiger partial charge in [-0.1, -0.05) is 18.2 Å². The zero-order chi connectivity index (χ0) is 17.4. The molecular formula is C19H25N3O2. The molecule has 1 atom stereocenters. The van der Waals surface area contributed by atoms with Crippen LogP contribution in [0.25, 0.3) is 0 Å². The Morgan fingerprint density at radius 2 is 2.00 bits per heavy atom. The maximum absolute atomic E-state index is 12.2. The number of nitrogens with one attached hydrogen (secondary N) is 1. The fourth-order valence-electron chi connectivity index (χ4n) is 2.37. The summed E-state index contributed by atoms with van der Waals surface area (Å²) in [5.74, 6) is 0.858. The third-order valence-corrected chi connectivity index (χ3v) is 3.87. The number of pyridine rings is 1. The van der Waals surface area contributed by atoms with Crippen molar-refractivity contribution < 1.29 is 9.53 Å². The minimum absolute atomic E-state index is 0.0807. The Kier molecular flexibility index (Phi) is 6.61. The van der Waals surface area contributed by atoms with Crippen LogP contribution >= 0.6 is 0 Å². The van der Waals surface area contributed by atoms with Crippen LogP contribution in [0.1, 0.15) is 24.6 Å². The van der Waals surface area contributed by atoms with Crippen LogP contribution in [-0.2, 0) is 13.0 Å². The third kappa shape index (κ3) is 5.57. The van der Waals surface area contributed by atoms with Gasteiger partial charge in [-0.25, -0.2) is 4.79 Å². The highest BCUT2D eigenvalue weighted by Crippen LogP contribution is 2.13. The summed E-state index contributed by atoms with van der Waals surface area (Å²) in [6.07, 6.45) is 3.53. The average Bonchev–Trinajstić information content (AvgIpc) is 2.61. The number of hydrogen-bond acceptors (Lipinski definition) is 3. The first-order valence-corrected chi connectivity index (χ1v) is 8.13. The molecule has 0 radical (unpaired) electrons. The Bertz CT molecular complexity index is 629. The largest absolute Gasteiger partial charge is 0.497 e. The number of methoxy groups -OCH3 is 1. The van der Waals surface area contributed by atoms with Crippen molar-refractivity contribution >= 4 is 6.03 Å². The smallest absolute Gasteiger partial charge is 0.317 e. The van der Waals surface area contributed by atoms with Crippen LogP contribution in [0.4, 0.5) is 4.79 Å². The first-order chi connectivity index (χ1) is 11.6. The Hall–Kier alpha value is -2.56. The Morgan fingerprint density at radius 1 is 1.25 bits per heavy atom. The van der Waals surface area contributed by atoms with Gasteiger partial charge in [0.25, 0.3) is 0 Å². The third-order valence-electron chi connectivity index (χ3n) is 3.87. The molecule has 0 aliphatic rings. The zero-order valence-corrected chi connectivity index (χ0v) is 14.5. The molecule has 2 rings (SSSR count). The van der Waals surface area contributed by atoms with Crippen LogP contribution in [0.2, 0.25) is 0 Å². The van der Waals surface area contributed by atoms with Gasteiger partial charge < -0.3 is 15.0 Å². The second kappa shape index (κ2) is 8.91. The SMILES string of the molecule is COc1ccc(CCC(C)NC(=O)N(C)Cc2ccccn2)cc1. The molecule has 1 unspecified atom stereocenters. The summed E-state index contributed by atoms with van der Waals surface area (Å²) in [6, 6.07) is 13.8. The van der Waals surface area contributed by atoms with E-state index < -0.39 is 0 Å². The number of amides is 2. The molecule has 0 aliphatic heterocycles. The molecule has 2 aromatic rings. The molecule has 0 fully saturated rings. The molecule has 1 N–H and O–H groups in total. The molecule has 24 heavy (non-hydrogen) atoms. The van der Waals surface area contributed by atoms with Crippen LogP contribution in [0.15, 0.2) is 48.7 Å². The molecule has 0 saturated heterocycles. The van der Waals surface area contributed by atoms with Crippen molar-refractivity contribution in [3.8, 4) is 5.75 Å². The molecule has 1 heterocycles. The van der Waals surface area contributed by atoms with E-state index in [-0.39, 0.29) is 12.1 Å². The Labute approximate surface area is 143 Å². The van der Waals surface area contributed by atoms with Gasteiger partial charge in [-0.05, 0) is 49.6 Å². The lowest BCUT2D eigenvalue weighted by Gasteiger charge is -2.21. The van der Waals surface area contributed by atoms with E-state index in [4.69, 9.17) is 4.74 Å². The lowest BCUT2D eigenvalue weighted by Crippen LogP contribution is -2.41. The summed E-state index contributed by atoms with van der Waals surface area (Å²) in [6.45, 7) is 2.52. The van der Waals surface area contributed by atoms with Crippen LogP contribution in [-0.4, -0.2) is 36.1 Å². The van der Waals surface area contributed by atoms with Crippen molar-refractivity contribution in [2.45, 2.75) is 32.4 Å². The second-order valence-corrected chi connectivity index (χ2v) is 5.91. The van der Waals surface area contributed by atoms with E-state index in [1.54, 1.807) is 25.3 Å². The molecule has 128 valence electrons. The quantitative estimate of drug-likeness (QED) is 0.849. The Balaban J connectivity index is 1.76. The van der Waals surface area contributed by atoms with Gasteiger partial charge in [-0.2, -0.15) is 0 Å². The van der Waals surface area contributed by atoms with Crippen molar-refractivity contribution in [3.05, 3.63) is 59.9 Å². The molecule has 5 heteroatoms. The van der Waals surface area contributed by atoms with Crippen molar-refractivity contribution in [2.24, 2.45) is 0 Å². The first kappa shape index (κ1) is 17.8. The summed E-state index contributed by atoms with van der Waals surface area (Å²) < 4.78 is 5.15. The van der Waals surface area contributed by atoms with Gasteiger partial charge in [0, 0.05) is 19.3 Å². The van der Waals surface area contributed by atoms with Crippen LogP contribution < -0.4 is 10.1 Å². The van der Waals surface area contributed by atoms with Crippen molar-refractivity contribution in [1.82, 2.24) is 15.2 Å². The number of urea groups is 1. The highest BCUT2D eigenvalue weighted by molar-refractivity contribution is 5.74. The van der Waals surface area contributed by atoms with E-state index in [0.29, 0.717) is 6.54 Å². The summed E-state index contributed by atoms with van der Waals surface area (Å²) in [7, 11) is 3.44. The molecule has 2 amide bonds. The van der Waals surface area contributed by atoms with Gasteiger partial charge in [0.1, 0.15) is 5.75 Å². The summed E-state index contributed by atoms with van der Waals surface area (Å²) in [5.41, 5.74) is 2.11. The monoisotopic (exact) mass is 327 g/mol. The number of carbonyl (C=O) groups is 1. The number of aryl methyl sites for hydroxylation is 1. The number of benzene rings is 1. The predicted molar refractivity (Wildman–Crippen MR) is 95.0 cm³/mol. The topological polar surface area (TPSA) is 54.5 Å². The van der Waals surface area contributed by atoms with Crippen LogP contribution in [0, 0.1) is 0 Å². The molecule has 0 bridgehead atoms. The Morgan fingerprint density at radius 3 is 2.62 bits per heavy atom. The lowest BCUT2D eigenvalue weighted by molar-refractivity contribution is 0.202. The van der Waals surface area contributed by atoms with E-state index in [0.717, 1.165) is 24.3 Å². The van der Waals surface area contributed by atoms with Crippen LogP contribution in [0.3, 0.4) is 0 Å². The number of rotatable bonds is 7. The van der Waals surface area contributed by atoms with E-state index in [1.807, 2.05) is 37.3 Å². The average molecular weight is 327 g/mol. The van der Waals surface area contributed by atoms with Crippen LogP contribution in [0.5, 0.6) is 5.75 Å². The molecule has 0 aliphatic carbocycles. The maximum atomic E-state index is 12.2. The number of aromatic nitrogens is 1. The van der Waals surface area contributed by atoms with E-state index in [9.17, 15) is 4.79 Å². The fourth-order valence-corrected chi connectivity index (χ4v) is 2.37. The maximum Gasteiger partial charge on any atom is 0.317 e. The molecule has 0 spiro atoms. The highest BCUT2D eigenvalue weighted by atomic mass is 16.5. The number of carbonyl (C=O) groups excluding carboxylic acids is 1. The van der Waals surface area contributed by atoms with E-state index in [1.165, 1.54) is 5.56 Å². The first-order valence-electron chi connectivity index (χ1n) is 8.13. The molecule has 1 aromatic carbocycles. The van der Waals surface area contributed by atoms with Crippen molar-refractivity contribution in [2.75, 3.05) is 14.2 Å². The highest BCUT2D eigenvalue weighted by Gasteiger charge is 2.12. The summed E-state index contributed by atoms with van der Waals surface area (Å²) in [4.78, 5) is 18.1. The normalized spacial score (nSPS) is 11.6.